The van der Waals surface area contributed by atoms with Crippen LogP contribution in [-0.2, 0) is 6.54 Å². The van der Waals surface area contributed by atoms with Gasteiger partial charge in [-0.1, -0.05) is 12.1 Å². The van der Waals surface area contributed by atoms with Gasteiger partial charge in [0.2, 0.25) is 5.13 Å². The number of nitrogens with zero attached hydrogens (tertiary/aromatic N) is 3. The fourth-order valence-corrected chi connectivity index (χ4v) is 2.44. The van der Waals surface area contributed by atoms with E-state index in [1.807, 2.05) is 0 Å². The number of nitrogens with one attached hydrogen (secondary N) is 3. The van der Waals surface area contributed by atoms with Crippen LogP contribution in [0.1, 0.15) is 11.6 Å². The molecule has 8 nitrogen and oxygen atoms in total. The van der Waals surface area contributed by atoms with Crippen molar-refractivity contribution in [1.29, 1.82) is 0 Å². The Hall–Kier alpha value is -2.81. The molecule has 0 bridgehead atoms. The summed E-state index contributed by atoms with van der Waals surface area (Å²) in [5.74, 6) is 0.980. The smallest absolute Gasteiger partial charge is 0.321 e. The van der Waals surface area contributed by atoms with Crippen LogP contribution in [-0.4, -0.2) is 25.4 Å². The highest BCUT2D eigenvalue weighted by molar-refractivity contribution is 7.09. The second-order valence-electron chi connectivity index (χ2n) is 4.48. The van der Waals surface area contributed by atoms with Gasteiger partial charge in [0, 0.05) is 11.5 Å². The summed E-state index contributed by atoms with van der Waals surface area (Å²) in [7, 11) is 0. The van der Waals surface area contributed by atoms with E-state index in [9.17, 15) is 9.59 Å². The van der Waals surface area contributed by atoms with Gasteiger partial charge >= 0.3 is 6.03 Å². The van der Waals surface area contributed by atoms with Crippen LogP contribution in [0.15, 0.2) is 29.1 Å². The minimum atomic E-state index is -0.438. The van der Waals surface area contributed by atoms with E-state index in [0.717, 1.165) is 11.5 Å². The fourth-order valence-electron chi connectivity index (χ4n) is 1.87. The Kier molecular flexibility index (Phi) is 3.79. The van der Waals surface area contributed by atoms with Crippen molar-refractivity contribution in [2.45, 2.75) is 13.5 Å². The first-order valence-electron chi connectivity index (χ1n) is 6.45. The maximum absolute atomic E-state index is 11.9. The first kappa shape index (κ1) is 14.1. The van der Waals surface area contributed by atoms with E-state index >= 15 is 0 Å². The molecule has 3 N–H and O–H groups in total. The molecule has 0 fully saturated rings. The molecule has 2 aromatic heterocycles. The molecule has 0 aliphatic carbocycles. The molecule has 0 spiro atoms. The SMILES string of the molecule is Cc1nsc(NC(=O)NCc2nc3ccccc3c(=O)[nH]2)n1. The van der Waals surface area contributed by atoms with Crippen LogP contribution in [0.2, 0.25) is 0 Å². The number of urea groups is 1. The molecular weight excluding hydrogens is 304 g/mol. The average Bonchev–Trinajstić information content (AvgIpc) is 2.90. The molecule has 0 unspecified atom stereocenters. The van der Waals surface area contributed by atoms with Crippen LogP contribution in [0.25, 0.3) is 10.9 Å². The van der Waals surface area contributed by atoms with Crippen LogP contribution in [0, 0.1) is 6.92 Å². The number of fused-ring (bicyclic) bond motifs is 1. The zero-order chi connectivity index (χ0) is 15.5. The van der Waals surface area contributed by atoms with Gasteiger partial charge in [-0.15, -0.1) is 0 Å². The molecule has 0 atom stereocenters. The molecule has 0 radical (unpaired) electrons. The molecule has 112 valence electrons. The maximum Gasteiger partial charge on any atom is 0.321 e. The molecular formula is C13H12N6O2S. The molecule has 0 saturated carbocycles. The quantitative estimate of drug-likeness (QED) is 0.676. The van der Waals surface area contributed by atoms with Crippen LogP contribution in [0.3, 0.4) is 0 Å². The van der Waals surface area contributed by atoms with Gasteiger partial charge in [0.05, 0.1) is 17.4 Å². The van der Waals surface area contributed by atoms with Crippen LogP contribution < -0.4 is 16.2 Å². The second kappa shape index (κ2) is 5.90. The highest BCUT2D eigenvalue weighted by Crippen LogP contribution is 2.09. The first-order valence-corrected chi connectivity index (χ1v) is 7.22. The van der Waals surface area contributed by atoms with Crippen LogP contribution in [0.4, 0.5) is 9.93 Å². The Bertz CT molecular complexity index is 887. The number of para-hydroxylation sites is 1. The lowest BCUT2D eigenvalue weighted by atomic mass is 10.2. The van der Waals surface area contributed by atoms with Crippen molar-refractivity contribution in [2.24, 2.45) is 0 Å². The van der Waals surface area contributed by atoms with Crippen molar-refractivity contribution < 1.29 is 4.79 Å². The topological polar surface area (TPSA) is 113 Å². The van der Waals surface area contributed by atoms with Gasteiger partial charge in [-0.25, -0.2) is 14.8 Å². The Labute approximate surface area is 128 Å². The van der Waals surface area contributed by atoms with E-state index in [0.29, 0.717) is 27.7 Å². The first-order chi connectivity index (χ1) is 10.6. The van der Waals surface area contributed by atoms with Crippen molar-refractivity contribution in [1.82, 2.24) is 24.6 Å². The molecule has 22 heavy (non-hydrogen) atoms. The lowest BCUT2D eigenvalue weighted by molar-refractivity contribution is 0.251. The predicted octanol–water partition coefficient (Wildman–Crippen LogP) is 1.40. The fraction of sp³-hybridized carbons (Fsp3) is 0.154. The van der Waals surface area contributed by atoms with Gasteiger partial charge in [-0.05, 0) is 19.1 Å². The zero-order valence-electron chi connectivity index (χ0n) is 11.6. The molecule has 0 saturated heterocycles. The van der Waals surface area contributed by atoms with Gasteiger partial charge in [0.1, 0.15) is 11.6 Å². The average molecular weight is 316 g/mol. The summed E-state index contributed by atoms with van der Waals surface area (Å²) in [6, 6.07) is 6.58. The number of hydrogen-bond donors (Lipinski definition) is 3. The van der Waals surface area contributed by atoms with E-state index in [2.05, 4.69) is 30.0 Å². The number of anilines is 1. The van der Waals surface area contributed by atoms with Crippen molar-refractivity contribution in [2.75, 3.05) is 5.32 Å². The largest absolute Gasteiger partial charge is 0.331 e. The Morgan fingerprint density at radius 1 is 1.32 bits per heavy atom. The lowest BCUT2D eigenvalue weighted by Gasteiger charge is -2.05. The zero-order valence-corrected chi connectivity index (χ0v) is 12.4. The summed E-state index contributed by atoms with van der Waals surface area (Å²) < 4.78 is 3.96. The van der Waals surface area contributed by atoms with Crippen molar-refractivity contribution >= 4 is 33.6 Å². The van der Waals surface area contributed by atoms with E-state index in [4.69, 9.17) is 0 Å². The minimum Gasteiger partial charge on any atom is -0.331 e. The number of aryl methyl sites for hydroxylation is 1. The van der Waals surface area contributed by atoms with E-state index in [1.165, 1.54) is 0 Å². The molecule has 1 aromatic carbocycles. The normalized spacial score (nSPS) is 10.6. The number of carbonyl (C=O) groups excluding carboxylic acids is 1. The Morgan fingerprint density at radius 2 is 2.14 bits per heavy atom. The van der Waals surface area contributed by atoms with Gasteiger partial charge in [0.25, 0.3) is 5.56 Å². The van der Waals surface area contributed by atoms with Gasteiger partial charge in [-0.2, -0.15) is 4.37 Å². The van der Waals surface area contributed by atoms with Crippen molar-refractivity contribution in [3.05, 3.63) is 46.3 Å². The summed E-state index contributed by atoms with van der Waals surface area (Å²) in [5, 5.41) is 6.09. The Balaban J connectivity index is 1.68. The monoisotopic (exact) mass is 316 g/mol. The number of amides is 2. The number of aromatic amines is 1. The minimum absolute atomic E-state index is 0.101. The Morgan fingerprint density at radius 3 is 2.91 bits per heavy atom. The third kappa shape index (κ3) is 3.09. The summed E-state index contributed by atoms with van der Waals surface area (Å²) in [6.07, 6.45) is 0. The van der Waals surface area contributed by atoms with Gasteiger partial charge in [-0.3, -0.25) is 10.1 Å². The molecule has 2 heterocycles. The van der Waals surface area contributed by atoms with Crippen LogP contribution in [0.5, 0.6) is 0 Å². The summed E-state index contributed by atoms with van der Waals surface area (Å²) in [5.41, 5.74) is 0.353. The number of aromatic nitrogens is 4. The van der Waals surface area contributed by atoms with E-state index < -0.39 is 6.03 Å². The maximum atomic E-state index is 11.9. The molecule has 3 rings (SSSR count). The number of hydrogen-bond acceptors (Lipinski definition) is 6. The highest BCUT2D eigenvalue weighted by atomic mass is 32.1. The number of H-pyrrole nitrogens is 1. The summed E-state index contributed by atoms with van der Waals surface area (Å²) in [6.45, 7) is 1.84. The molecule has 0 aliphatic heterocycles. The third-order valence-electron chi connectivity index (χ3n) is 2.83. The van der Waals surface area contributed by atoms with Crippen molar-refractivity contribution in [3.8, 4) is 0 Å². The number of benzene rings is 1. The van der Waals surface area contributed by atoms with E-state index in [-0.39, 0.29) is 12.1 Å². The van der Waals surface area contributed by atoms with Crippen molar-refractivity contribution in [3.63, 3.8) is 0 Å². The summed E-state index contributed by atoms with van der Waals surface area (Å²) in [4.78, 5) is 34.6. The molecule has 2 amide bonds. The lowest BCUT2D eigenvalue weighted by Crippen LogP contribution is -2.29. The molecule has 9 heteroatoms. The van der Waals surface area contributed by atoms with Crippen LogP contribution >= 0.6 is 11.5 Å². The molecule has 3 aromatic rings. The standard InChI is InChI=1S/C13H12N6O2S/c1-7-15-13(22-19-7)18-12(21)14-6-10-16-9-5-3-2-4-8(9)11(20)17-10/h2-5H,6H2,1H3,(H,16,17,20)(H2,14,15,18,19,21). The number of rotatable bonds is 3. The van der Waals surface area contributed by atoms with Gasteiger partial charge in [0.15, 0.2) is 0 Å². The second-order valence-corrected chi connectivity index (χ2v) is 5.24. The van der Waals surface area contributed by atoms with Gasteiger partial charge < -0.3 is 10.3 Å². The highest BCUT2D eigenvalue weighted by Gasteiger charge is 2.07. The predicted molar refractivity (Wildman–Crippen MR) is 82.9 cm³/mol. The van der Waals surface area contributed by atoms with E-state index in [1.54, 1.807) is 31.2 Å². The summed E-state index contributed by atoms with van der Waals surface area (Å²) >= 11 is 1.10. The molecule has 0 aliphatic rings. The number of carbonyl (C=O) groups is 1. The third-order valence-corrected chi connectivity index (χ3v) is 3.55.